The first-order valence-corrected chi connectivity index (χ1v) is 24.7. The van der Waals surface area contributed by atoms with Gasteiger partial charge in [-0.1, -0.05) is 83.9 Å². The summed E-state index contributed by atoms with van der Waals surface area (Å²) in [5.41, 5.74) is 14.1. The molecule has 5 amide bonds. The Balaban J connectivity index is 0.862. The number of hydrogen-bond acceptors (Lipinski definition) is 10. The van der Waals surface area contributed by atoms with Crippen molar-refractivity contribution in [3.63, 3.8) is 0 Å². The van der Waals surface area contributed by atoms with Crippen molar-refractivity contribution in [2.24, 2.45) is 5.73 Å². The highest BCUT2D eigenvalue weighted by Crippen LogP contribution is 2.47. The van der Waals surface area contributed by atoms with Crippen LogP contribution in [0.2, 0.25) is 10.0 Å². The molecular weight excluding hydrogens is 960 g/mol. The molecule has 0 bridgehead atoms. The second kappa shape index (κ2) is 21.7. The van der Waals surface area contributed by atoms with Gasteiger partial charge in [0.15, 0.2) is 5.69 Å². The van der Waals surface area contributed by atoms with Crippen LogP contribution in [0.4, 0.5) is 15.3 Å². The minimum absolute atomic E-state index is 0.0662. The van der Waals surface area contributed by atoms with Crippen molar-refractivity contribution < 1.29 is 38.1 Å². The number of urea groups is 1. The standard InChI is InChI=1S/C54H56Cl2N8O8/c1-54(2)31-70-22-21-63(54)51(66)48-44-30-71-47-28-46(69-3)41(27-42(47)49(44)64(62-48)36-25-33(55)24-34(56)26-36)32-11-10-12-35(23-32)60-52(67)59-20-19-58-50(65)45(17-8-9-18-57)61-53(68)72-29-43-39-15-6-4-13-37(39)38-14-5-7-16-40(38)43/h4-7,10-16,23-28,43,45H,8-9,17-22,29-31,57H2,1-3H3,(H,58,65)(H,61,68)(H2,59,60,67)/t45-/m1/s1. The number of morpholine rings is 1. The van der Waals surface area contributed by atoms with Crippen molar-refractivity contribution in [3.05, 3.63) is 136 Å². The minimum atomic E-state index is -0.870. The summed E-state index contributed by atoms with van der Waals surface area (Å²) in [6.07, 6.45) is 0.953. The Bertz CT molecular complexity index is 2970. The van der Waals surface area contributed by atoms with E-state index in [2.05, 4.69) is 33.4 Å². The van der Waals surface area contributed by atoms with Gasteiger partial charge in [0.2, 0.25) is 5.91 Å². The van der Waals surface area contributed by atoms with E-state index in [-0.39, 0.29) is 43.8 Å². The number of halogens is 2. The smallest absolute Gasteiger partial charge is 0.407 e. The average Bonchev–Trinajstić information content (AvgIpc) is 3.92. The number of carbonyl (C=O) groups is 4. The molecular formula is C54H56Cl2N8O8. The maximum Gasteiger partial charge on any atom is 0.407 e. The number of unbranched alkanes of at least 4 members (excludes halogenated alkanes) is 1. The lowest BCUT2D eigenvalue weighted by molar-refractivity contribution is -0.123. The average molecular weight is 1020 g/mol. The lowest BCUT2D eigenvalue weighted by Crippen LogP contribution is -2.55. The van der Waals surface area contributed by atoms with E-state index in [1.165, 1.54) is 0 Å². The van der Waals surface area contributed by atoms with E-state index in [1.807, 2.05) is 62.4 Å². The van der Waals surface area contributed by atoms with Crippen LogP contribution in [-0.2, 0) is 20.9 Å². The van der Waals surface area contributed by atoms with E-state index in [0.29, 0.717) is 106 Å². The fraction of sp³-hybridized carbons (Fsp3) is 0.315. The number of nitrogens with two attached hydrogens (primary N) is 1. The molecule has 0 saturated carbocycles. The molecule has 0 radical (unpaired) electrons. The third kappa shape index (κ3) is 10.6. The molecule has 3 aliphatic rings. The molecule has 0 unspecified atom stereocenters. The van der Waals surface area contributed by atoms with Gasteiger partial charge in [0.05, 0.1) is 37.2 Å². The largest absolute Gasteiger partial charge is 0.496 e. The lowest BCUT2D eigenvalue weighted by atomic mass is 9.95. The Morgan fingerprint density at radius 1 is 0.861 bits per heavy atom. The lowest BCUT2D eigenvalue weighted by Gasteiger charge is -2.41. The summed E-state index contributed by atoms with van der Waals surface area (Å²) in [6, 6.07) is 30.8. The minimum Gasteiger partial charge on any atom is -0.496 e. The van der Waals surface area contributed by atoms with Crippen molar-refractivity contribution in [1.29, 1.82) is 0 Å². The zero-order valence-corrected chi connectivity index (χ0v) is 41.7. The second-order valence-corrected chi connectivity index (χ2v) is 19.3. The molecule has 5 aromatic carbocycles. The normalized spacial score (nSPS) is 14.7. The topological polar surface area (TPSA) is 200 Å². The Hall–Kier alpha value is -7.11. The van der Waals surface area contributed by atoms with Crippen LogP contribution in [0.15, 0.2) is 103 Å². The van der Waals surface area contributed by atoms with Crippen LogP contribution >= 0.6 is 23.2 Å². The molecule has 16 nitrogen and oxygen atoms in total. The molecule has 2 aliphatic heterocycles. The van der Waals surface area contributed by atoms with Crippen molar-refractivity contribution in [3.8, 4) is 50.7 Å². The zero-order valence-electron chi connectivity index (χ0n) is 40.2. The van der Waals surface area contributed by atoms with Crippen LogP contribution < -0.4 is 36.5 Å². The predicted molar refractivity (Wildman–Crippen MR) is 276 cm³/mol. The Kier molecular flexibility index (Phi) is 15.0. The molecule has 18 heteroatoms. The van der Waals surface area contributed by atoms with Crippen LogP contribution in [0.1, 0.15) is 66.2 Å². The number of alkyl carbamates (subject to hydrolysis) is 1. The highest BCUT2D eigenvalue weighted by atomic mass is 35.5. The Morgan fingerprint density at radius 2 is 1.58 bits per heavy atom. The van der Waals surface area contributed by atoms with Gasteiger partial charge >= 0.3 is 12.1 Å². The molecule has 1 aromatic heterocycles. The second-order valence-electron chi connectivity index (χ2n) is 18.4. The van der Waals surface area contributed by atoms with Crippen LogP contribution in [-0.4, -0.2) is 103 Å². The van der Waals surface area contributed by atoms with Gasteiger partial charge in [0, 0.05) is 64.0 Å². The molecule has 6 aromatic rings. The fourth-order valence-electron chi connectivity index (χ4n) is 9.63. The number of hydrogen-bond donors (Lipinski definition) is 5. The summed E-state index contributed by atoms with van der Waals surface area (Å²) in [6.45, 7) is 5.92. The van der Waals surface area contributed by atoms with Gasteiger partial charge < -0.3 is 50.8 Å². The first-order chi connectivity index (χ1) is 34.8. The maximum absolute atomic E-state index is 14.4. The van der Waals surface area contributed by atoms with Crippen LogP contribution in [0.25, 0.3) is 39.2 Å². The van der Waals surface area contributed by atoms with Gasteiger partial charge in [-0.05, 0) is 104 Å². The molecule has 9 rings (SSSR count). The number of ether oxygens (including phenoxy) is 4. The molecule has 3 heterocycles. The predicted octanol–water partition coefficient (Wildman–Crippen LogP) is 8.94. The number of anilines is 1. The SMILES string of the molecule is COc1cc2c(cc1-c1cccc(NC(=O)NCCNC(=O)[C@@H](CCCCN)NC(=O)OCC3c4ccccc4-c4ccccc43)c1)-c1c(c(C(=O)N3CCOCC3(C)C)nn1-c1cc(Cl)cc(Cl)c1)CO2. The summed E-state index contributed by atoms with van der Waals surface area (Å²) in [5, 5.41) is 17.0. The molecule has 1 fully saturated rings. The summed E-state index contributed by atoms with van der Waals surface area (Å²) in [5.74, 6) is 0.233. The van der Waals surface area contributed by atoms with Crippen molar-refractivity contribution in [2.75, 3.05) is 58.4 Å². The first kappa shape index (κ1) is 49.9. The van der Waals surface area contributed by atoms with Crippen LogP contribution in [0, 0.1) is 0 Å². The number of amides is 5. The molecule has 1 saturated heterocycles. The van der Waals surface area contributed by atoms with Crippen molar-refractivity contribution in [1.82, 2.24) is 30.6 Å². The Labute approximate surface area is 427 Å². The van der Waals surface area contributed by atoms with E-state index in [0.717, 1.165) is 22.3 Å². The number of rotatable bonds is 16. The molecule has 1 aliphatic carbocycles. The highest BCUT2D eigenvalue weighted by molar-refractivity contribution is 6.34. The molecule has 72 heavy (non-hydrogen) atoms. The maximum atomic E-state index is 14.4. The molecule has 6 N–H and O–H groups in total. The summed E-state index contributed by atoms with van der Waals surface area (Å²) in [4.78, 5) is 56.0. The summed E-state index contributed by atoms with van der Waals surface area (Å²) < 4.78 is 25.4. The third-order valence-corrected chi connectivity index (χ3v) is 13.6. The molecule has 1 atom stereocenters. The highest BCUT2D eigenvalue weighted by Gasteiger charge is 2.40. The van der Waals surface area contributed by atoms with E-state index in [4.69, 9.17) is 53.0 Å². The first-order valence-electron chi connectivity index (χ1n) is 23.9. The van der Waals surface area contributed by atoms with Crippen LogP contribution in [0.3, 0.4) is 0 Å². The molecule has 0 spiro atoms. The van der Waals surface area contributed by atoms with Gasteiger partial charge in [-0.25, -0.2) is 14.3 Å². The molecule has 374 valence electrons. The Morgan fingerprint density at radius 3 is 2.29 bits per heavy atom. The monoisotopic (exact) mass is 1010 g/mol. The van der Waals surface area contributed by atoms with Crippen LogP contribution in [0.5, 0.6) is 11.5 Å². The van der Waals surface area contributed by atoms with Gasteiger partial charge in [-0.2, -0.15) is 5.10 Å². The van der Waals surface area contributed by atoms with Gasteiger partial charge in [-0.3, -0.25) is 9.59 Å². The number of carbonyl (C=O) groups excluding carboxylic acids is 4. The van der Waals surface area contributed by atoms with E-state index < -0.39 is 29.6 Å². The number of nitrogens with zero attached hydrogens (tertiary/aromatic N) is 3. The number of fused-ring (bicyclic) bond motifs is 6. The van der Waals surface area contributed by atoms with Gasteiger partial charge in [-0.15, -0.1) is 0 Å². The van der Waals surface area contributed by atoms with Gasteiger partial charge in [0.1, 0.15) is 30.8 Å². The number of benzene rings is 5. The van der Waals surface area contributed by atoms with Crippen molar-refractivity contribution in [2.45, 2.75) is 57.2 Å². The summed E-state index contributed by atoms with van der Waals surface area (Å²) in [7, 11) is 1.56. The number of aromatic nitrogens is 2. The van der Waals surface area contributed by atoms with Crippen molar-refractivity contribution >= 4 is 52.8 Å². The fourth-order valence-corrected chi connectivity index (χ4v) is 10.1. The zero-order chi connectivity index (χ0) is 50.5. The number of methoxy groups -OCH3 is 1. The van der Waals surface area contributed by atoms with E-state index in [9.17, 15) is 19.2 Å². The van der Waals surface area contributed by atoms with E-state index in [1.54, 1.807) is 59.2 Å². The third-order valence-electron chi connectivity index (χ3n) is 13.1. The number of nitrogens with one attached hydrogen (secondary N) is 4. The summed E-state index contributed by atoms with van der Waals surface area (Å²) >= 11 is 13.0. The quantitative estimate of drug-likeness (QED) is 0.0583. The van der Waals surface area contributed by atoms with Gasteiger partial charge in [0.25, 0.3) is 5.91 Å². The van der Waals surface area contributed by atoms with E-state index >= 15 is 0 Å².